The zero-order chi connectivity index (χ0) is 59.9. The van der Waals surface area contributed by atoms with Crippen LogP contribution >= 0.6 is 11.6 Å². The molecule has 0 N–H and O–H groups in total. The minimum Gasteiger partial charge on any atom is -1.00 e. The van der Waals surface area contributed by atoms with E-state index in [-0.39, 0.29) is 166 Å². The fraction of sp³-hybridized carbons (Fsp3) is 0.475. The van der Waals surface area contributed by atoms with Crippen molar-refractivity contribution in [2.24, 2.45) is 17.8 Å². The molecule has 6 rings (SSSR count). The summed E-state index contributed by atoms with van der Waals surface area (Å²) in [7, 11) is 0.722. The van der Waals surface area contributed by atoms with Gasteiger partial charge in [0, 0.05) is 44.7 Å². The Kier molecular flexibility index (Phi) is 46.7. The summed E-state index contributed by atoms with van der Waals surface area (Å²) in [5.74, 6) is -0.115. The van der Waals surface area contributed by atoms with Crippen LogP contribution in [-0.4, -0.2) is 114 Å². The van der Waals surface area contributed by atoms with E-state index in [1.54, 1.807) is 36.1 Å². The van der Waals surface area contributed by atoms with Crippen molar-refractivity contribution in [3.05, 3.63) is 137 Å². The number of hydrogen-bond donors (Lipinski definition) is 0. The summed E-state index contributed by atoms with van der Waals surface area (Å²) < 4.78 is 55.5. The molecule has 1 aliphatic carbocycles. The third-order valence-electron chi connectivity index (χ3n) is 12.8. The molecule has 3 aromatic rings. The van der Waals surface area contributed by atoms with Gasteiger partial charge in [-0.15, -0.1) is 0 Å². The van der Waals surface area contributed by atoms with Gasteiger partial charge in [0.2, 0.25) is 10.0 Å². The largest absolute Gasteiger partial charge is 1.00 e. The van der Waals surface area contributed by atoms with Gasteiger partial charge < -0.3 is 44.9 Å². The summed E-state index contributed by atoms with van der Waals surface area (Å²) in [6.45, 7) is 13.6. The number of likely N-dealkylation sites (tertiary alicyclic amines) is 1. The van der Waals surface area contributed by atoms with Crippen molar-refractivity contribution < 1.29 is 185 Å². The molecule has 1 saturated carbocycles. The maximum atomic E-state index is 12.8. The summed E-state index contributed by atoms with van der Waals surface area (Å²) in [6.07, 6.45) is 13.2. The molecule has 1 amide bonds. The molecule has 3 unspecified atom stereocenters. The molecule has 23 heteroatoms. The van der Waals surface area contributed by atoms with E-state index in [1.165, 1.54) is 51.0 Å². The molecule has 3 atom stereocenters. The topological polar surface area (TPSA) is 248 Å². The number of rotatable bonds is 14. The number of sulfonamides is 1. The van der Waals surface area contributed by atoms with E-state index in [2.05, 4.69) is 32.1 Å². The molecule has 2 aliphatic heterocycles. The molecule has 2 saturated heterocycles. The number of carbonyl (C=O) groups excluding carboxylic acids is 7. The zero-order valence-corrected chi connectivity index (χ0v) is 57.4. The molecule has 82 heavy (non-hydrogen) atoms. The maximum Gasteiger partial charge on any atom is 1.00 e. The second-order valence-corrected chi connectivity index (χ2v) is 20.3. The quantitative estimate of drug-likeness (QED) is 0.0323. The van der Waals surface area contributed by atoms with Gasteiger partial charge in [0.15, 0.2) is 0 Å². The summed E-state index contributed by atoms with van der Waals surface area (Å²) >= 11 is 4.97. The maximum absolute atomic E-state index is 12.8. The summed E-state index contributed by atoms with van der Waals surface area (Å²) in [5, 5.41) is 8.43. The van der Waals surface area contributed by atoms with Gasteiger partial charge in [0.1, 0.15) is 13.2 Å². The Hall–Kier alpha value is -3.60. The van der Waals surface area contributed by atoms with Crippen LogP contribution < -0.4 is 108 Å². The van der Waals surface area contributed by atoms with Gasteiger partial charge in [0.05, 0.1) is 52.1 Å². The Labute approximate surface area is 576 Å². The first-order chi connectivity index (χ1) is 38.3. The number of piperidine rings is 2. The molecule has 0 aromatic heterocycles. The molecule has 2 heterocycles. The predicted molar refractivity (Wildman–Crippen MR) is 301 cm³/mol. The predicted octanol–water partition coefficient (Wildman–Crippen LogP) is 4.04. The van der Waals surface area contributed by atoms with Crippen molar-refractivity contribution in [2.45, 2.75) is 117 Å². The van der Waals surface area contributed by atoms with Crippen LogP contribution in [0.15, 0.2) is 125 Å². The van der Waals surface area contributed by atoms with Crippen LogP contribution in [0.25, 0.3) is 0 Å². The number of amides is 1. The van der Waals surface area contributed by atoms with Crippen LogP contribution in [0.2, 0.25) is 0 Å². The number of halogens is 1. The minimum atomic E-state index is -3.50. The molecular formula is C59H81ClK2N2O17S. The fourth-order valence-corrected chi connectivity index (χ4v) is 9.97. The SMILES string of the molecule is C/C=C1\CCCCC1CC(=O)OC.C/C=C1\CN(C(=O)OCc2ccccc2)CCC1CC(=O)OC.C/C=C1\CN(S(=O)(=O)c2ccc(C)cc2)CCC1CC(=O)OC.CCOC(C)=O.O=C(Cl)OCc1ccccc1.O=CO[O-].[H-].[K+].[K+]. The second-order valence-electron chi connectivity index (χ2n) is 18.1. The molecule has 3 aromatic carbocycles. The van der Waals surface area contributed by atoms with Crippen LogP contribution in [0.3, 0.4) is 0 Å². The Morgan fingerprint density at radius 1 is 0.646 bits per heavy atom. The minimum absolute atomic E-state index is 0. The molecule has 0 bridgehead atoms. The standard InChI is InChI=1S/C18H23NO4.C17H23NO4S.C11H18O2.C8H7ClO2.C4H8O2.CH2O3.2K.H/c1-3-15-12-19(10-9-16(15)11-17(20)22-2)18(21)23-13-14-7-5-4-6-8-14;1-4-14-12-18(10-9-15(14)11-17(19)22-3)23(20,21)16-7-5-13(2)6-8-16;1-3-9-6-4-5-7-10(9)8-11(12)13-2;9-8(10)11-6-7-4-2-1-3-5-7;1-3-6-4(2)5;2-1-4-3;;;/h3-8,16H,9-13H2,1-2H3;4-8,15H,9-12H2,1-3H3;3,10H,4-8H2,1-2H3;1-5H,6H2;3H2,1-2H3;1,3H;;;/q;;;;;;2*+1;-1/p-1/b15-3+;14-4+;9-3+;;;;;;. The van der Waals surface area contributed by atoms with Crippen molar-refractivity contribution in [1.29, 1.82) is 0 Å². The molecule has 0 spiro atoms. The van der Waals surface area contributed by atoms with Crippen LogP contribution in [0.4, 0.5) is 9.59 Å². The molecule has 0 radical (unpaired) electrons. The van der Waals surface area contributed by atoms with Crippen LogP contribution in [-0.2, 0) is 80.5 Å². The molecule has 3 fully saturated rings. The normalized spacial score (nSPS) is 17.6. The van der Waals surface area contributed by atoms with Crippen LogP contribution in [0.1, 0.15) is 111 Å². The average Bonchev–Trinajstić information content (AvgIpc) is 3.67. The smallest absolute Gasteiger partial charge is 1.00 e. The molecule has 3 aliphatic rings. The average molecular weight is 1240 g/mol. The summed E-state index contributed by atoms with van der Waals surface area (Å²) in [6, 6.07) is 25.8. The van der Waals surface area contributed by atoms with E-state index in [0.29, 0.717) is 69.3 Å². The Bertz CT molecular complexity index is 2560. The van der Waals surface area contributed by atoms with E-state index in [9.17, 15) is 37.2 Å². The molecule has 444 valence electrons. The van der Waals surface area contributed by atoms with Gasteiger partial charge in [0.25, 0.3) is 6.47 Å². The first-order valence-corrected chi connectivity index (χ1v) is 28.0. The summed E-state index contributed by atoms with van der Waals surface area (Å²) in [4.78, 5) is 79.5. The Balaban J connectivity index is -0.000000993. The van der Waals surface area contributed by atoms with E-state index in [1.807, 2.05) is 93.6 Å². The van der Waals surface area contributed by atoms with E-state index < -0.39 is 15.5 Å². The number of benzene rings is 3. The van der Waals surface area contributed by atoms with Crippen molar-refractivity contribution in [3.63, 3.8) is 0 Å². The third kappa shape index (κ3) is 33.8. The Morgan fingerprint density at radius 2 is 1.09 bits per heavy atom. The molecular weight excluding hydrogens is 1150 g/mol. The van der Waals surface area contributed by atoms with Crippen molar-refractivity contribution in [1.82, 2.24) is 9.21 Å². The van der Waals surface area contributed by atoms with Crippen LogP contribution in [0.5, 0.6) is 0 Å². The number of methoxy groups -OCH3 is 3. The van der Waals surface area contributed by atoms with E-state index in [4.69, 9.17) is 35.9 Å². The van der Waals surface area contributed by atoms with Crippen molar-refractivity contribution in [2.75, 3.05) is 54.1 Å². The monoisotopic (exact) mass is 1230 g/mol. The Morgan fingerprint density at radius 3 is 1.49 bits per heavy atom. The second kappa shape index (κ2) is 47.6. The van der Waals surface area contributed by atoms with Gasteiger partial charge in [-0.3, -0.25) is 24.0 Å². The number of carbonyl (C=O) groups is 7. The van der Waals surface area contributed by atoms with Gasteiger partial charge in [-0.25, -0.2) is 18.0 Å². The number of esters is 4. The number of allylic oxidation sites excluding steroid dienone is 4. The van der Waals surface area contributed by atoms with Crippen molar-refractivity contribution in [3.8, 4) is 0 Å². The molecule has 19 nitrogen and oxygen atoms in total. The number of hydrogen-bond acceptors (Lipinski definition) is 17. The number of aryl methyl sites for hydroxylation is 1. The van der Waals surface area contributed by atoms with E-state index >= 15 is 0 Å². The van der Waals surface area contributed by atoms with Gasteiger partial charge in [-0.2, -0.15) is 4.31 Å². The van der Waals surface area contributed by atoms with E-state index in [0.717, 1.165) is 47.1 Å². The van der Waals surface area contributed by atoms with Gasteiger partial charge in [-0.1, -0.05) is 120 Å². The summed E-state index contributed by atoms with van der Waals surface area (Å²) in [5.41, 5.74) is 5.64. The fourth-order valence-electron chi connectivity index (χ4n) is 8.47. The third-order valence-corrected chi connectivity index (χ3v) is 14.8. The van der Waals surface area contributed by atoms with Gasteiger partial charge >= 0.3 is 138 Å². The number of nitrogens with zero attached hydrogens (tertiary/aromatic N) is 2. The van der Waals surface area contributed by atoms with Crippen LogP contribution in [0, 0.1) is 24.7 Å². The van der Waals surface area contributed by atoms with Crippen molar-refractivity contribution >= 4 is 63.5 Å². The first kappa shape index (κ1) is 80.5. The zero-order valence-electron chi connectivity index (χ0n) is 50.6. The van der Waals surface area contributed by atoms with Gasteiger partial charge in [-0.05, 0) is 108 Å². The number of ether oxygens (including phenoxy) is 6. The first-order valence-electron chi connectivity index (χ1n) is 26.2.